The van der Waals surface area contributed by atoms with Crippen LogP contribution in [0.1, 0.15) is 0 Å². The molecule has 0 radical (unpaired) electrons. The van der Waals surface area contributed by atoms with Gasteiger partial charge in [-0.05, 0) is 0 Å². The Morgan fingerprint density at radius 2 is 2.30 bits per heavy atom. The van der Waals surface area contributed by atoms with Crippen LogP contribution in [0, 0.1) is 0 Å². The van der Waals surface area contributed by atoms with Gasteiger partial charge in [-0.3, -0.25) is 9.89 Å². The summed E-state index contributed by atoms with van der Waals surface area (Å²) < 4.78 is 0.322. The van der Waals surface area contributed by atoms with Crippen LogP contribution < -0.4 is 5.56 Å². The minimum Gasteiger partial charge on any atom is -0.493 e. The summed E-state index contributed by atoms with van der Waals surface area (Å²) in [6, 6.07) is 0.772. The zero-order chi connectivity index (χ0) is 7.72. The van der Waals surface area contributed by atoms with E-state index in [2.05, 4.69) is 0 Å². The predicted octanol–water partition coefficient (Wildman–Crippen LogP) is -0.592. The molecule has 0 bridgehead atoms. The van der Waals surface area contributed by atoms with Gasteiger partial charge in [-0.1, -0.05) is 0 Å². The monoisotopic (exact) mass is 144 g/mol. The summed E-state index contributed by atoms with van der Waals surface area (Å²) in [5.41, 5.74) is -0.653. The smallest absolute Gasteiger partial charge is 0.433 e. The second kappa shape index (κ2) is 1.90. The number of nitrogens with zero attached hydrogens (tertiary/aromatic N) is 1. The molecule has 0 amide bonds. The fraction of sp³-hybridized carbons (Fsp3) is 0. The predicted molar refractivity (Wildman–Crippen MR) is 30.1 cm³/mol. The number of nitrogens with one attached hydrogen (secondary N) is 1. The number of aromatic nitrogens is 2. The summed E-state index contributed by atoms with van der Waals surface area (Å²) in [5, 5.41) is 18.7. The normalized spacial score (nSPS) is 9.60. The molecule has 1 rings (SSSR count). The molecule has 0 aliphatic carbocycles. The molecule has 0 aliphatic rings. The Morgan fingerprint density at radius 3 is 2.50 bits per heavy atom. The number of H-pyrrole nitrogens is 1. The molecule has 0 saturated carbocycles. The van der Waals surface area contributed by atoms with Crippen molar-refractivity contribution in [1.29, 1.82) is 0 Å². The van der Waals surface area contributed by atoms with Crippen LogP contribution in [0.25, 0.3) is 0 Å². The van der Waals surface area contributed by atoms with Crippen LogP contribution in [0.3, 0.4) is 0 Å². The lowest BCUT2D eigenvalue weighted by Crippen LogP contribution is -2.12. The number of carboxylic acid groups (broad SMARTS) is 1. The molecule has 6 nitrogen and oxygen atoms in total. The highest BCUT2D eigenvalue weighted by atomic mass is 16.4. The van der Waals surface area contributed by atoms with Gasteiger partial charge >= 0.3 is 6.09 Å². The lowest BCUT2D eigenvalue weighted by atomic mass is 10.7. The quantitative estimate of drug-likeness (QED) is 0.453. The summed E-state index contributed by atoms with van der Waals surface area (Å²) in [5.74, 6) is -0.613. The molecule has 54 valence electrons. The molecule has 10 heavy (non-hydrogen) atoms. The molecule has 1 heterocycles. The topological polar surface area (TPSA) is 95.3 Å². The molecule has 0 unspecified atom stereocenters. The van der Waals surface area contributed by atoms with Crippen LogP contribution in [-0.4, -0.2) is 26.1 Å². The van der Waals surface area contributed by atoms with E-state index in [0.29, 0.717) is 4.68 Å². The number of rotatable bonds is 0. The SMILES string of the molecule is O=C(O)n1[nH]c(=O)cc1O. The van der Waals surface area contributed by atoms with Gasteiger partial charge in [0.05, 0.1) is 6.07 Å². The Bertz CT molecular complexity index is 309. The van der Waals surface area contributed by atoms with Gasteiger partial charge < -0.3 is 10.2 Å². The van der Waals surface area contributed by atoms with Gasteiger partial charge in [-0.15, -0.1) is 0 Å². The molecule has 0 aliphatic heterocycles. The minimum absolute atomic E-state index is 0.322. The third-order valence-corrected chi connectivity index (χ3v) is 0.903. The van der Waals surface area contributed by atoms with Crippen molar-refractivity contribution >= 4 is 6.09 Å². The van der Waals surface area contributed by atoms with E-state index < -0.39 is 17.5 Å². The van der Waals surface area contributed by atoms with Crippen molar-refractivity contribution in [3.05, 3.63) is 16.4 Å². The second-order valence-corrected chi connectivity index (χ2v) is 1.60. The van der Waals surface area contributed by atoms with E-state index in [0.717, 1.165) is 6.07 Å². The number of carbonyl (C=O) groups is 1. The third kappa shape index (κ3) is 0.859. The highest BCUT2D eigenvalue weighted by Crippen LogP contribution is 2.00. The summed E-state index contributed by atoms with van der Waals surface area (Å²) in [6.45, 7) is 0. The first-order valence-electron chi connectivity index (χ1n) is 2.35. The Labute approximate surface area is 54.3 Å². The molecule has 1 aromatic heterocycles. The van der Waals surface area contributed by atoms with Crippen LogP contribution >= 0.6 is 0 Å². The van der Waals surface area contributed by atoms with Crippen LogP contribution in [0.2, 0.25) is 0 Å². The Morgan fingerprint density at radius 1 is 1.70 bits per heavy atom. The Balaban J connectivity index is 3.28. The van der Waals surface area contributed by atoms with Crippen molar-refractivity contribution in [1.82, 2.24) is 9.78 Å². The fourth-order valence-corrected chi connectivity index (χ4v) is 0.527. The highest BCUT2D eigenvalue weighted by Gasteiger charge is 2.06. The number of aromatic amines is 1. The molecule has 0 atom stereocenters. The number of hydrogen-bond donors (Lipinski definition) is 3. The van der Waals surface area contributed by atoms with Gasteiger partial charge in [0.2, 0.25) is 5.88 Å². The van der Waals surface area contributed by atoms with Gasteiger partial charge in [0.15, 0.2) is 0 Å². The zero-order valence-corrected chi connectivity index (χ0v) is 4.74. The molecule has 3 N–H and O–H groups in total. The van der Waals surface area contributed by atoms with E-state index in [1.165, 1.54) is 0 Å². The van der Waals surface area contributed by atoms with E-state index in [4.69, 9.17) is 10.2 Å². The lowest BCUT2D eigenvalue weighted by molar-refractivity contribution is 0.189. The van der Waals surface area contributed by atoms with Crippen molar-refractivity contribution in [2.45, 2.75) is 0 Å². The van der Waals surface area contributed by atoms with E-state index in [-0.39, 0.29) is 0 Å². The molecule has 0 fully saturated rings. The van der Waals surface area contributed by atoms with Crippen molar-refractivity contribution < 1.29 is 15.0 Å². The van der Waals surface area contributed by atoms with Crippen LogP contribution in [0.15, 0.2) is 10.9 Å². The van der Waals surface area contributed by atoms with Gasteiger partial charge in [-0.2, -0.15) is 4.68 Å². The Kier molecular flexibility index (Phi) is 1.22. The molecular weight excluding hydrogens is 140 g/mol. The number of hydrogen-bond acceptors (Lipinski definition) is 3. The zero-order valence-electron chi connectivity index (χ0n) is 4.74. The first-order valence-corrected chi connectivity index (χ1v) is 2.35. The summed E-state index contributed by atoms with van der Waals surface area (Å²) >= 11 is 0. The molecule has 1 aromatic rings. The maximum Gasteiger partial charge on any atom is 0.433 e. The standard InChI is InChI=1S/C4H4N2O4/c7-2-1-3(8)6(5-2)4(9)10/h1,8H,(H,5,7)(H,9,10). The van der Waals surface area contributed by atoms with Crippen molar-refractivity contribution in [3.8, 4) is 5.88 Å². The summed E-state index contributed by atoms with van der Waals surface area (Å²) in [7, 11) is 0. The van der Waals surface area contributed by atoms with Crippen LogP contribution in [0.5, 0.6) is 5.88 Å². The maximum absolute atomic E-state index is 10.3. The van der Waals surface area contributed by atoms with E-state index in [9.17, 15) is 9.59 Å². The first-order chi connectivity index (χ1) is 4.61. The van der Waals surface area contributed by atoms with Crippen molar-refractivity contribution in [2.24, 2.45) is 0 Å². The van der Waals surface area contributed by atoms with Gasteiger partial charge in [0.1, 0.15) is 0 Å². The third-order valence-electron chi connectivity index (χ3n) is 0.903. The average molecular weight is 144 g/mol. The second-order valence-electron chi connectivity index (χ2n) is 1.60. The van der Waals surface area contributed by atoms with E-state index in [1.54, 1.807) is 0 Å². The largest absolute Gasteiger partial charge is 0.493 e. The van der Waals surface area contributed by atoms with Gasteiger partial charge in [0, 0.05) is 0 Å². The summed E-state index contributed by atoms with van der Waals surface area (Å²) in [6.07, 6.45) is -1.43. The lowest BCUT2D eigenvalue weighted by Gasteiger charge is -1.91. The van der Waals surface area contributed by atoms with Gasteiger partial charge in [-0.25, -0.2) is 4.79 Å². The maximum atomic E-state index is 10.3. The van der Waals surface area contributed by atoms with Gasteiger partial charge in [0.25, 0.3) is 5.56 Å². The van der Waals surface area contributed by atoms with Crippen LogP contribution in [-0.2, 0) is 0 Å². The summed E-state index contributed by atoms with van der Waals surface area (Å²) in [4.78, 5) is 20.4. The molecule has 0 aromatic carbocycles. The van der Waals surface area contributed by atoms with E-state index >= 15 is 0 Å². The number of aromatic hydroxyl groups is 1. The van der Waals surface area contributed by atoms with E-state index in [1.807, 2.05) is 5.10 Å². The molecule has 6 heteroatoms. The van der Waals surface area contributed by atoms with Crippen molar-refractivity contribution in [3.63, 3.8) is 0 Å². The molecule has 0 saturated heterocycles. The van der Waals surface area contributed by atoms with Crippen molar-refractivity contribution in [2.75, 3.05) is 0 Å². The highest BCUT2D eigenvalue weighted by molar-refractivity contribution is 5.68. The molecule has 0 spiro atoms. The average Bonchev–Trinajstić information content (AvgIpc) is 2.10. The molecular formula is C4H4N2O4. The Hall–Kier alpha value is -1.72. The first kappa shape index (κ1) is 6.40. The van der Waals surface area contributed by atoms with Crippen LogP contribution in [0.4, 0.5) is 4.79 Å². The fourth-order valence-electron chi connectivity index (χ4n) is 0.527. The minimum atomic E-state index is -1.43.